The van der Waals surface area contributed by atoms with Crippen molar-refractivity contribution in [2.45, 2.75) is 52.5 Å². The van der Waals surface area contributed by atoms with Crippen LogP contribution in [0.2, 0.25) is 0 Å². The van der Waals surface area contributed by atoms with Crippen molar-refractivity contribution in [3.05, 3.63) is 54.4 Å². The number of aromatic nitrogens is 1. The molecule has 1 N–H and O–H groups in total. The Bertz CT molecular complexity index is 833. The summed E-state index contributed by atoms with van der Waals surface area (Å²) in [6, 6.07) is 12.4. The standard InChI is InChI=1S/C24H31N3O2/c1-4-6-22(28)27-14-12-24(17-27,23(29)26-18(2)3)15-19-8-10-20(11-9-19)21-7-5-13-25-16-21/h5,7-11,13,16,18H,4,6,12,14-15,17H2,1-3H3,(H,26,29)/t24-/m0/s1. The third kappa shape index (κ3) is 5.03. The van der Waals surface area contributed by atoms with Gasteiger partial charge in [-0.05, 0) is 55.9 Å². The fraction of sp³-hybridized carbons (Fsp3) is 0.458. The highest BCUT2D eigenvalue weighted by Crippen LogP contribution is 2.36. The second-order valence-electron chi connectivity index (χ2n) is 8.34. The van der Waals surface area contributed by atoms with E-state index < -0.39 is 5.41 Å². The zero-order chi connectivity index (χ0) is 20.9. The predicted molar refractivity (Wildman–Crippen MR) is 115 cm³/mol. The molecule has 0 bridgehead atoms. The summed E-state index contributed by atoms with van der Waals surface area (Å²) in [5, 5.41) is 3.09. The van der Waals surface area contributed by atoms with Crippen LogP contribution in [0.1, 0.15) is 45.6 Å². The highest BCUT2D eigenvalue weighted by molar-refractivity contribution is 5.86. The molecule has 0 radical (unpaired) electrons. The Labute approximate surface area is 173 Å². The topological polar surface area (TPSA) is 62.3 Å². The largest absolute Gasteiger partial charge is 0.353 e. The van der Waals surface area contributed by atoms with Crippen molar-refractivity contribution in [1.82, 2.24) is 15.2 Å². The number of nitrogens with one attached hydrogen (secondary N) is 1. The molecule has 5 nitrogen and oxygen atoms in total. The molecular formula is C24H31N3O2. The van der Waals surface area contributed by atoms with Gasteiger partial charge in [-0.3, -0.25) is 14.6 Å². The number of likely N-dealkylation sites (tertiary alicyclic amines) is 1. The van der Waals surface area contributed by atoms with Crippen molar-refractivity contribution in [3.8, 4) is 11.1 Å². The Kier molecular flexibility index (Phi) is 6.68. The van der Waals surface area contributed by atoms with Gasteiger partial charge in [-0.15, -0.1) is 0 Å². The predicted octanol–water partition coefficient (Wildman–Crippen LogP) is 3.83. The van der Waals surface area contributed by atoms with Crippen LogP contribution in [0.3, 0.4) is 0 Å². The van der Waals surface area contributed by atoms with E-state index >= 15 is 0 Å². The molecular weight excluding hydrogens is 362 g/mol. The lowest BCUT2D eigenvalue weighted by atomic mass is 9.79. The van der Waals surface area contributed by atoms with Crippen LogP contribution in [0.5, 0.6) is 0 Å². The van der Waals surface area contributed by atoms with Gasteiger partial charge in [-0.25, -0.2) is 0 Å². The van der Waals surface area contributed by atoms with Gasteiger partial charge < -0.3 is 10.2 Å². The summed E-state index contributed by atoms with van der Waals surface area (Å²) < 4.78 is 0. The number of nitrogens with zero attached hydrogens (tertiary/aromatic N) is 2. The normalized spacial score (nSPS) is 18.8. The lowest BCUT2D eigenvalue weighted by molar-refractivity contribution is -0.133. The van der Waals surface area contributed by atoms with Crippen molar-refractivity contribution >= 4 is 11.8 Å². The average Bonchev–Trinajstić information content (AvgIpc) is 3.14. The van der Waals surface area contributed by atoms with Gasteiger partial charge in [0.05, 0.1) is 5.41 Å². The van der Waals surface area contributed by atoms with E-state index in [1.807, 2.05) is 44.0 Å². The van der Waals surface area contributed by atoms with E-state index in [1.165, 1.54) is 0 Å². The van der Waals surface area contributed by atoms with E-state index in [1.54, 1.807) is 6.20 Å². The average molecular weight is 394 g/mol. The van der Waals surface area contributed by atoms with Gasteiger partial charge in [0.2, 0.25) is 11.8 Å². The fourth-order valence-electron chi connectivity index (χ4n) is 4.02. The molecule has 0 aliphatic carbocycles. The second-order valence-corrected chi connectivity index (χ2v) is 8.34. The van der Waals surface area contributed by atoms with Crippen molar-refractivity contribution in [3.63, 3.8) is 0 Å². The zero-order valence-electron chi connectivity index (χ0n) is 17.6. The lowest BCUT2D eigenvalue weighted by Crippen LogP contribution is -2.47. The molecule has 29 heavy (non-hydrogen) atoms. The summed E-state index contributed by atoms with van der Waals surface area (Å²) in [5.41, 5.74) is 2.72. The minimum absolute atomic E-state index is 0.0515. The summed E-state index contributed by atoms with van der Waals surface area (Å²) in [5.74, 6) is 0.203. The van der Waals surface area contributed by atoms with Gasteiger partial charge in [0.1, 0.15) is 0 Å². The van der Waals surface area contributed by atoms with Crippen LogP contribution in [-0.4, -0.2) is 40.8 Å². The lowest BCUT2D eigenvalue weighted by Gasteiger charge is -2.29. The van der Waals surface area contributed by atoms with Crippen molar-refractivity contribution in [1.29, 1.82) is 0 Å². The fourth-order valence-corrected chi connectivity index (χ4v) is 4.02. The molecule has 1 aromatic heterocycles. The molecule has 2 heterocycles. The summed E-state index contributed by atoms with van der Waals surface area (Å²) in [4.78, 5) is 31.6. The van der Waals surface area contributed by atoms with E-state index in [2.05, 4.69) is 34.6 Å². The maximum atomic E-state index is 13.1. The molecule has 1 aliphatic heterocycles. The van der Waals surface area contributed by atoms with Gasteiger partial charge >= 0.3 is 0 Å². The third-order valence-corrected chi connectivity index (χ3v) is 5.56. The molecule has 1 fully saturated rings. The first-order valence-corrected chi connectivity index (χ1v) is 10.5. The number of hydrogen-bond donors (Lipinski definition) is 1. The van der Waals surface area contributed by atoms with Crippen LogP contribution >= 0.6 is 0 Å². The maximum Gasteiger partial charge on any atom is 0.228 e. The molecule has 1 atom stereocenters. The van der Waals surface area contributed by atoms with Gasteiger partial charge in [0, 0.05) is 37.9 Å². The van der Waals surface area contributed by atoms with E-state index in [-0.39, 0.29) is 17.9 Å². The molecule has 2 amide bonds. The molecule has 1 aromatic carbocycles. The molecule has 0 saturated carbocycles. The van der Waals surface area contributed by atoms with E-state index in [9.17, 15) is 9.59 Å². The first kappa shape index (κ1) is 21.0. The van der Waals surface area contributed by atoms with Crippen LogP contribution in [-0.2, 0) is 16.0 Å². The van der Waals surface area contributed by atoms with Crippen molar-refractivity contribution < 1.29 is 9.59 Å². The summed E-state index contributed by atoms with van der Waals surface area (Å²) >= 11 is 0. The molecule has 0 spiro atoms. The Morgan fingerprint density at radius 2 is 1.93 bits per heavy atom. The Balaban J connectivity index is 1.80. The first-order chi connectivity index (χ1) is 13.9. The highest BCUT2D eigenvalue weighted by atomic mass is 16.2. The van der Waals surface area contributed by atoms with Gasteiger partial charge in [-0.1, -0.05) is 37.3 Å². The molecule has 5 heteroatoms. The number of carbonyl (C=O) groups is 2. The third-order valence-electron chi connectivity index (χ3n) is 5.56. The number of hydrogen-bond acceptors (Lipinski definition) is 3. The minimum atomic E-state index is -0.566. The van der Waals surface area contributed by atoms with Crippen LogP contribution in [0.25, 0.3) is 11.1 Å². The Hall–Kier alpha value is -2.69. The first-order valence-electron chi connectivity index (χ1n) is 10.5. The second kappa shape index (κ2) is 9.21. The van der Waals surface area contributed by atoms with Crippen LogP contribution < -0.4 is 5.32 Å². The Morgan fingerprint density at radius 1 is 1.17 bits per heavy atom. The smallest absolute Gasteiger partial charge is 0.228 e. The van der Waals surface area contributed by atoms with Gasteiger partial charge in [0.15, 0.2) is 0 Å². The molecule has 1 aliphatic rings. The number of carbonyl (C=O) groups excluding carboxylic acids is 2. The Morgan fingerprint density at radius 3 is 2.55 bits per heavy atom. The van der Waals surface area contributed by atoms with Gasteiger partial charge in [0.25, 0.3) is 0 Å². The minimum Gasteiger partial charge on any atom is -0.353 e. The maximum absolute atomic E-state index is 13.1. The summed E-state index contributed by atoms with van der Waals surface area (Å²) in [6.45, 7) is 7.11. The van der Waals surface area contributed by atoms with Crippen molar-refractivity contribution in [2.75, 3.05) is 13.1 Å². The molecule has 1 saturated heterocycles. The highest BCUT2D eigenvalue weighted by Gasteiger charge is 2.45. The molecule has 2 aromatic rings. The van der Waals surface area contributed by atoms with Crippen molar-refractivity contribution in [2.24, 2.45) is 5.41 Å². The molecule has 154 valence electrons. The van der Waals surface area contributed by atoms with E-state index in [0.29, 0.717) is 32.4 Å². The quantitative estimate of drug-likeness (QED) is 0.777. The number of amides is 2. The SMILES string of the molecule is CCCC(=O)N1CC[C@@](Cc2ccc(-c3cccnc3)cc2)(C(=O)NC(C)C)C1. The van der Waals surface area contributed by atoms with Crippen LogP contribution in [0.4, 0.5) is 0 Å². The molecule has 3 rings (SSSR count). The van der Waals surface area contributed by atoms with E-state index in [4.69, 9.17) is 0 Å². The number of benzene rings is 1. The van der Waals surface area contributed by atoms with E-state index in [0.717, 1.165) is 23.1 Å². The summed E-state index contributed by atoms with van der Waals surface area (Å²) in [7, 11) is 0. The monoisotopic (exact) mass is 393 g/mol. The number of rotatable bonds is 7. The van der Waals surface area contributed by atoms with Crippen LogP contribution in [0.15, 0.2) is 48.8 Å². The van der Waals surface area contributed by atoms with Gasteiger partial charge in [-0.2, -0.15) is 0 Å². The number of pyridine rings is 1. The van der Waals surface area contributed by atoms with Crippen LogP contribution in [0, 0.1) is 5.41 Å². The summed E-state index contributed by atoms with van der Waals surface area (Å²) in [6.07, 6.45) is 6.32. The molecule has 0 unspecified atom stereocenters. The zero-order valence-corrected chi connectivity index (χ0v) is 17.6.